The summed E-state index contributed by atoms with van der Waals surface area (Å²) in [5.74, 6) is -0.563. The first-order valence-electron chi connectivity index (χ1n) is 7.81. The fourth-order valence-corrected chi connectivity index (χ4v) is 5.14. The van der Waals surface area contributed by atoms with E-state index in [1.807, 2.05) is 25.1 Å². The average molecular weight is 455 g/mol. The first-order chi connectivity index (χ1) is 11.5. The summed E-state index contributed by atoms with van der Waals surface area (Å²) in [7, 11) is 1.38. The molecule has 0 unspecified atom stereocenters. The normalized spacial score (nSPS) is 13.3. The number of carbonyl (C=O) groups is 2. The Labute approximate surface area is 158 Å². The molecule has 1 aromatic heterocycles. The molecule has 1 aliphatic rings. The van der Waals surface area contributed by atoms with E-state index in [4.69, 9.17) is 4.74 Å². The maximum Gasteiger partial charge on any atom is 0.341 e. The van der Waals surface area contributed by atoms with Crippen LogP contribution in [0.15, 0.2) is 18.2 Å². The molecule has 0 atom stereocenters. The van der Waals surface area contributed by atoms with Gasteiger partial charge in [-0.2, -0.15) is 0 Å². The van der Waals surface area contributed by atoms with Crippen LogP contribution in [-0.4, -0.2) is 19.0 Å². The summed E-state index contributed by atoms with van der Waals surface area (Å²) < 4.78 is 5.84. The van der Waals surface area contributed by atoms with Crippen molar-refractivity contribution in [3.8, 4) is 0 Å². The molecular formula is C18H18INO3S. The molecule has 2 aromatic rings. The SMILES string of the molecule is COC(=O)c1c(NC(=O)c2ccc(C)cc2I)sc2c1CCCC2. The van der Waals surface area contributed by atoms with Crippen molar-refractivity contribution in [2.75, 3.05) is 12.4 Å². The first-order valence-corrected chi connectivity index (χ1v) is 9.71. The van der Waals surface area contributed by atoms with E-state index in [-0.39, 0.29) is 11.9 Å². The number of carbonyl (C=O) groups excluding carboxylic acids is 2. The van der Waals surface area contributed by atoms with Crippen LogP contribution in [0.3, 0.4) is 0 Å². The van der Waals surface area contributed by atoms with Gasteiger partial charge in [0, 0.05) is 8.45 Å². The standard InChI is InChI=1S/C18H18INO3S/c1-10-7-8-11(13(19)9-10)16(21)20-17-15(18(22)23-2)12-5-3-4-6-14(12)24-17/h7-9H,3-6H2,1-2H3,(H,20,21). The number of nitrogens with one attached hydrogen (secondary N) is 1. The molecule has 0 bridgehead atoms. The van der Waals surface area contributed by atoms with Gasteiger partial charge in [-0.25, -0.2) is 4.79 Å². The van der Waals surface area contributed by atoms with Crippen LogP contribution in [0, 0.1) is 10.5 Å². The summed E-state index contributed by atoms with van der Waals surface area (Å²) in [6, 6.07) is 5.70. The summed E-state index contributed by atoms with van der Waals surface area (Å²) >= 11 is 3.66. The van der Waals surface area contributed by atoms with Crippen LogP contribution in [-0.2, 0) is 17.6 Å². The van der Waals surface area contributed by atoms with Crippen molar-refractivity contribution in [1.82, 2.24) is 0 Å². The lowest BCUT2D eigenvalue weighted by Crippen LogP contribution is -2.16. The quantitative estimate of drug-likeness (QED) is 0.545. The highest BCUT2D eigenvalue weighted by atomic mass is 127. The van der Waals surface area contributed by atoms with E-state index in [2.05, 4.69) is 27.9 Å². The monoisotopic (exact) mass is 455 g/mol. The minimum absolute atomic E-state index is 0.192. The molecule has 6 heteroatoms. The zero-order chi connectivity index (χ0) is 17.3. The third-order valence-corrected chi connectivity index (χ3v) is 6.26. The summed E-state index contributed by atoms with van der Waals surface area (Å²) in [4.78, 5) is 26.1. The van der Waals surface area contributed by atoms with Gasteiger partial charge in [0.25, 0.3) is 5.91 Å². The predicted octanol–water partition coefficient (Wildman–Crippen LogP) is 4.58. The number of halogens is 1. The largest absolute Gasteiger partial charge is 0.465 e. The Morgan fingerprint density at radius 2 is 2.00 bits per heavy atom. The highest BCUT2D eigenvalue weighted by Gasteiger charge is 2.27. The number of esters is 1. The molecule has 1 aliphatic carbocycles. The smallest absolute Gasteiger partial charge is 0.341 e. The lowest BCUT2D eigenvalue weighted by Gasteiger charge is -2.12. The highest BCUT2D eigenvalue weighted by Crippen LogP contribution is 2.38. The van der Waals surface area contributed by atoms with Crippen LogP contribution in [0.25, 0.3) is 0 Å². The van der Waals surface area contributed by atoms with Crippen LogP contribution in [0.2, 0.25) is 0 Å². The van der Waals surface area contributed by atoms with Crippen LogP contribution in [0.4, 0.5) is 5.00 Å². The van der Waals surface area contributed by atoms with Crippen LogP contribution in [0.1, 0.15) is 49.6 Å². The maximum atomic E-state index is 12.7. The zero-order valence-electron chi connectivity index (χ0n) is 13.6. The van der Waals surface area contributed by atoms with Gasteiger partial charge in [-0.1, -0.05) is 11.6 Å². The third-order valence-electron chi connectivity index (χ3n) is 4.16. The Morgan fingerprint density at radius 3 is 2.71 bits per heavy atom. The fraction of sp³-hybridized carbons (Fsp3) is 0.333. The van der Waals surface area contributed by atoms with Gasteiger partial charge in [-0.3, -0.25) is 4.79 Å². The van der Waals surface area contributed by atoms with Gasteiger partial charge >= 0.3 is 5.97 Å². The molecule has 1 aromatic carbocycles. The predicted molar refractivity (Wildman–Crippen MR) is 104 cm³/mol. The Balaban J connectivity index is 1.96. The van der Waals surface area contributed by atoms with Gasteiger partial charge in [-0.05, 0) is 72.9 Å². The molecule has 1 amide bonds. The summed E-state index contributed by atoms with van der Waals surface area (Å²) in [6.45, 7) is 1.99. The van der Waals surface area contributed by atoms with Crippen molar-refractivity contribution in [2.45, 2.75) is 32.6 Å². The topological polar surface area (TPSA) is 55.4 Å². The van der Waals surface area contributed by atoms with Crippen molar-refractivity contribution in [3.63, 3.8) is 0 Å². The molecule has 1 heterocycles. The Bertz CT molecular complexity index is 813. The van der Waals surface area contributed by atoms with E-state index in [1.165, 1.54) is 23.3 Å². The number of thiophene rings is 1. The second kappa shape index (κ2) is 7.23. The van der Waals surface area contributed by atoms with Gasteiger partial charge in [0.05, 0.1) is 18.2 Å². The highest BCUT2D eigenvalue weighted by molar-refractivity contribution is 14.1. The molecule has 1 N–H and O–H groups in total. The first kappa shape index (κ1) is 17.4. The maximum absolute atomic E-state index is 12.7. The molecule has 0 spiro atoms. The van der Waals surface area contributed by atoms with Gasteiger partial charge in [-0.15, -0.1) is 11.3 Å². The van der Waals surface area contributed by atoms with Crippen molar-refractivity contribution in [3.05, 3.63) is 48.9 Å². The molecule has 4 nitrogen and oxygen atoms in total. The van der Waals surface area contributed by atoms with Crippen LogP contribution >= 0.6 is 33.9 Å². The number of anilines is 1. The molecule has 0 saturated heterocycles. The molecule has 126 valence electrons. The van der Waals surface area contributed by atoms with Crippen LogP contribution in [0.5, 0.6) is 0 Å². The number of ether oxygens (including phenoxy) is 1. The average Bonchev–Trinajstić information content (AvgIpc) is 2.91. The third kappa shape index (κ3) is 3.35. The minimum Gasteiger partial charge on any atom is -0.465 e. The summed E-state index contributed by atoms with van der Waals surface area (Å²) in [5, 5.41) is 3.54. The molecule has 0 radical (unpaired) electrons. The van der Waals surface area contributed by atoms with Crippen LogP contribution < -0.4 is 5.32 Å². The number of rotatable bonds is 3. The number of methoxy groups -OCH3 is 1. The van der Waals surface area contributed by atoms with E-state index in [0.29, 0.717) is 16.1 Å². The lowest BCUT2D eigenvalue weighted by atomic mass is 9.95. The number of amides is 1. The van der Waals surface area contributed by atoms with Crippen molar-refractivity contribution in [1.29, 1.82) is 0 Å². The van der Waals surface area contributed by atoms with E-state index >= 15 is 0 Å². The van der Waals surface area contributed by atoms with Gasteiger partial charge in [0.1, 0.15) is 5.00 Å². The van der Waals surface area contributed by atoms with E-state index in [9.17, 15) is 9.59 Å². The minimum atomic E-state index is -0.372. The lowest BCUT2D eigenvalue weighted by molar-refractivity contribution is 0.0601. The van der Waals surface area contributed by atoms with Gasteiger partial charge in [0.2, 0.25) is 0 Å². The van der Waals surface area contributed by atoms with E-state index in [0.717, 1.165) is 40.4 Å². The molecule has 24 heavy (non-hydrogen) atoms. The molecule has 0 aliphatic heterocycles. The van der Waals surface area contributed by atoms with Gasteiger partial charge < -0.3 is 10.1 Å². The second-order valence-electron chi connectivity index (χ2n) is 5.84. The Morgan fingerprint density at radius 1 is 1.25 bits per heavy atom. The number of aryl methyl sites for hydroxylation is 2. The number of fused-ring (bicyclic) bond motifs is 1. The van der Waals surface area contributed by atoms with Crippen molar-refractivity contribution >= 4 is 50.8 Å². The van der Waals surface area contributed by atoms with E-state index < -0.39 is 0 Å². The zero-order valence-corrected chi connectivity index (χ0v) is 16.5. The summed E-state index contributed by atoms with van der Waals surface area (Å²) in [6.07, 6.45) is 4.02. The van der Waals surface area contributed by atoms with E-state index in [1.54, 1.807) is 0 Å². The molecule has 3 rings (SSSR count). The number of hydrogen-bond acceptors (Lipinski definition) is 4. The second-order valence-corrected chi connectivity index (χ2v) is 8.11. The summed E-state index contributed by atoms with van der Waals surface area (Å²) in [5.41, 5.74) is 3.31. The Hall–Kier alpha value is -1.41. The van der Waals surface area contributed by atoms with Crippen molar-refractivity contribution in [2.24, 2.45) is 0 Å². The molecular weight excluding hydrogens is 437 g/mol. The van der Waals surface area contributed by atoms with Crippen molar-refractivity contribution < 1.29 is 14.3 Å². The Kier molecular flexibility index (Phi) is 5.24. The fourth-order valence-electron chi connectivity index (χ4n) is 2.95. The molecule has 0 saturated carbocycles. The van der Waals surface area contributed by atoms with Gasteiger partial charge in [0.15, 0.2) is 0 Å². The number of benzene rings is 1. The number of hydrogen-bond donors (Lipinski definition) is 1. The molecule has 0 fully saturated rings.